The lowest BCUT2D eigenvalue weighted by Gasteiger charge is -2.17. The normalized spacial score (nSPS) is 12.0. The average Bonchev–Trinajstić information content (AvgIpc) is 3.34. The quantitative estimate of drug-likeness (QED) is 0.0269. The zero-order valence-corrected chi connectivity index (χ0v) is 46.2. The van der Waals surface area contributed by atoms with Gasteiger partial charge in [0.05, 0.1) is 44.4 Å². The van der Waals surface area contributed by atoms with E-state index in [2.05, 4.69) is 35.9 Å². The lowest BCUT2D eigenvalue weighted by molar-refractivity contribution is -0.193. The summed E-state index contributed by atoms with van der Waals surface area (Å²) >= 11 is 7.10. The molecule has 2 unspecified atom stereocenters. The van der Waals surface area contributed by atoms with Gasteiger partial charge >= 0.3 is 29.1 Å². The molecule has 3 aromatic carbocycles. The minimum Gasteiger partial charge on any atom is -0.778 e. The number of unbranched alkanes of at least 4 members (excludes halogenated alkanes) is 5. The molecule has 412 valence electrons. The molecule has 0 spiro atoms. The maximum absolute atomic E-state index is 13.1. The highest BCUT2D eigenvalue weighted by Gasteiger charge is 2.35. The molecule has 3 N–H and O–H groups in total. The average molecular weight is 1130 g/mol. The summed E-state index contributed by atoms with van der Waals surface area (Å²) < 4.78 is 71.9. The summed E-state index contributed by atoms with van der Waals surface area (Å²) in [6.45, 7) is 5.36. The van der Waals surface area contributed by atoms with Crippen LogP contribution in [-0.2, 0) is 56.0 Å². The lowest BCUT2D eigenvalue weighted by Crippen LogP contribution is -2.40. The van der Waals surface area contributed by atoms with E-state index in [1.165, 1.54) is 74.9 Å². The highest BCUT2D eigenvalue weighted by molar-refractivity contribution is 8.13. The molecule has 0 saturated carbocycles. The number of aliphatic carboxylic acids is 1. The molecule has 18 nitrogen and oxygen atoms in total. The summed E-state index contributed by atoms with van der Waals surface area (Å²) in [5, 5.41) is 17.8. The van der Waals surface area contributed by atoms with E-state index in [-0.39, 0.29) is 22.7 Å². The Hall–Kier alpha value is -5.68. The van der Waals surface area contributed by atoms with Crippen molar-refractivity contribution in [1.82, 2.24) is 24.6 Å². The standard InChI is InChI=1S/C25H25F3N2O6.C19H23ClN2O2S.C3H8NO5P.C3H9S/c1-5-16-6-7-17(20(12-16)36-15(2)23(32)34-4)14-35-19-10-8-18(9-11-19)30-22(31)13-21(25(26,27)28)29(3)24(30)33;1-2-3-4-5-6-10-13-25-19(23)24-16-14-17(20)21-22-18(16)15-11-8-7-9-12-15;5-3(6)1-4-2-10(7,8)9;1-4(2)3/h6-13,15H,5,14H2,1-4H3;7-9,11-12,14H,2-6,10,13H2,1H3;4H,1-2H2,(H,5,6)(H2,7,8,9);1-3H3/q;;;+1/p-1. The Kier molecular flexibility index (Phi) is 29.1. The van der Waals surface area contributed by atoms with Crippen LogP contribution in [0.25, 0.3) is 16.9 Å². The molecule has 5 aromatic rings. The molecule has 0 bridgehead atoms. The number of hydrogen-bond donors (Lipinski definition) is 3. The lowest BCUT2D eigenvalue weighted by atomic mass is 10.1. The first-order valence-corrected chi connectivity index (χ1v) is 28.8. The second-order valence-electron chi connectivity index (χ2n) is 16.5. The van der Waals surface area contributed by atoms with E-state index >= 15 is 0 Å². The number of halogens is 4. The number of alkyl halides is 3. The molecule has 0 saturated heterocycles. The molecule has 2 heterocycles. The summed E-state index contributed by atoms with van der Waals surface area (Å²) in [6, 6.07) is 22.7. The van der Waals surface area contributed by atoms with Crippen molar-refractivity contribution < 1.29 is 66.0 Å². The van der Waals surface area contributed by atoms with E-state index in [0.29, 0.717) is 54.6 Å². The number of ether oxygens (including phenoxy) is 4. The van der Waals surface area contributed by atoms with Crippen molar-refractivity contribution in [1.29, 1.82) is 0 Å². The van der Waals surface area contributed by atoms with E-state index < -0.39 is 61.6 Å². The number of carboxylic acids is 1. The fraction of sp³-hybridized carbons (Fsp3) is 0.420. The highest BCUT2D eigenvalue weighted by atomic mass is 35.5. The van der Waals surface area contributed by atoms with Crippen LogP contribution >= 0.6 is 31.0 Å². The van der Waals surface area contributed by atoms with Gasteiger partial charge in [0, 0.05) is 36.1 Å². The molecule has 0 fully saturated rings. The van der Waals surface area contributed by atoms with E-state index in [0.717, 1.165) is 43.2 Å². The van der Waals surface area contributed by atoms with Gasteiger partial charge in [0.1, 0.15) is 37.1 Å². The first-order chi connectivity index (χ1) is 35.3. The van der Waals surface area contributed by atoms with E-state index in [1.54, 1.807) is 6.92 Å². The van der Waals surface area contributed by atoms with Gasteiger partial charge in [-0.25, -0.2) is 19.0 Å². The van der Waals surface area contributed by atoms with Gasteiger partial charge in [-0.1, -0.05) is 100 Å². The summed E-state index contributed by atoms with van der Waals surface area (Å²) in [5.74, 6) is 0.243. The number of nitrogens with zero attached hydrogens (tertiary/aromatic N) is 4. The van der Waals surface area contributed by atoms with Gasteiger partial charge < -0.3 is 38.4 Å². The molecule has 0 aliphatic rings. The van der Waals surface area contributed by atoms with Crippen LogP contribution in [0, 0.1) is 0 Å². The van der Waals surface area contributed by atoms with Gasteiger partial charge in [-0.2, -0.15) is 13.2 Å². The first-order valence-electron chi connectivity index (χ1n) is 23.2. The fourth-order valence-corrected chi connectivity index (χ4v) is 7.32. The highest BCUT2D eigenvalue weighted by Crippen LogP contribution is 2.31. The number of rotatable bonds is 21. The first kappa shape index (κ1) is 65.4. The van der Waals surface area contributed by atoms with E-state index in [1.807, 2.05) is 60.8 Å². The Morgan fingerprint density at radius 1 is 0.920 bits per heavy atom. The summed E-state index contributed by atoms with van der Waals surface area (Å²) in [5.41, 5.74) is -0.461. The molecular weight excluding hydrogens is 1070 g/mol. The van der Waals surface area contributed by atoms with Crippen molar-refractivity contribution in [3.05, 3.63) is 128 Å². The summed E-state index contributed by atoms with van der Waals surface area (Å²) in [7, 11) is -1.49. The van der Waals surface area contributed by atoms with Crippen LogP contribution in [0.15, 0.2) is 94.5 Å². The Balaban J connectivity index is 0.000000424. The maximum Gasteiger partial charge on any atom is 0.431 e. The van der Waals surface area contributed by atoms with E-state index in [4.69, 9.17) is 40.5 Å². The number of carbonyl (C=O) groups is 3. The van der Waals surface area contributed by atoms with Crippen molar-refractivity contribution in [3.8, 4) is 34.2 Å². The molecular formula is C50H64ClF3N5O13PS2. The zero-order valence-electron chi connectivity index (χ0n) is 42.9. The molecule has 75 heavy (non-hydrogen) atoms. The number of nitrogens with one attached hydrogen (secondary N) is 1. The summed E-state index contributed by atoms with van der Waals surface area (Å²) in [6.07, 6.45) is 8.16. The van der Waals surface area contributed by atoms with Gasteiger partial charge in [0.15, 0.2) is 17.0 Å². The third kappa shape index (κ3) is 25.1. The second kappa shape index (κ2) is 33.4. The minimum atomic E-state index is -4.84. The van der Waals surface area contributed by atoms with Crippen LogP contribution in [0.2, 0.25) is 5.15 Å². The number of carboxylic acid groups (broad SMARTS) is 1. The summed E-state index contributed by atoms with van der Waals surface area (Å²) in [4.78, 5) is 76.3. The number of aromatic nitrogens is 4. The van der Waals surface area contributed by atoms with Crippen LogP contribution < -0.4 is 35.7 Å². The Morgan fingerprint density at radius 3 is 2.12 bits per heavy atom. The number of thioether (sulfide) groups is 1. The SMILES string of the molecule is CCCCCCCCSC(=O)Oc1cc(Cl)nnc1-c1ccccc1.CCc1ccc(COc2ccc(-n3c(=O)cc(C(F)(F)F)n(C)c3=O)cc2)c(OC(C)C(=O)OC)c1.C[S+](C)C.O=C(O)CNCP(=O)([O-])O. The topological polar surface area (TPSA) is 251 Å². The number of hydrogen-bond acceptors (Lipinski definition) is 15. The van der Waals surface area contributed by atoms with Crippen molar-refractivity contribution >= 4 is 59.1 Å². The van der Waals surface area contributed by atoms with Gasteiger partial charge in [0.25, 0.3) is 5.56 Å². The smallest absolute Gasteiger partial charge is 0.431 e. The van der Waals surface area contributed by atoms with Crippen molar-refractivity contribution in [2.24, 2.45) is 7.05 Å². The zero-order chi connectivity index (χ0) is 56.3. The van der Waals surface area contributed by atoms with Gasteiger partial charge in [-0.05, 0) is 78.3 Å². The van der Waals surface area contributed by atoms with Crippen LogP contribution in [0.5, 0.6) is 17.2 Å². The number of aryl methyl sites for hydroxylation is 1. The molecule has 0 aliphatic heterocycles. The second-order valence-corrected chi connectivity index (χ2v) is 21.9. The molecule has 5 rings (SSSR count). The largest absolute Gasteiger partial charge is 0.778 e. The Morgan fingerprint density at radius 2 is 1.55 bits per heavy atom. The maximum atomic E-state index is 13.1. The molecule has 25 heteroatoms. The molecule has 2 atom stereocenters. The van der Waals surface area contributed by atoms with E-state index in [9.17, 15) is 46.6 Å². The molecule has 2 aromatic heterocycles. The van der Waals surface area contributed by atoms with Gasteiger partial charge in [-0.15, -0.1) is 10.2 Å². The van der Waals surface area contributed by atoms with Crippen LogP contribution in [-0.4, -0.2) is 97.1 Å². The molecule has 0 radical (unpaired) electrons. The molecule has 0 amide bonds. The monoisotopic (exact) mass is 1130 g/mol. The van der Waals surface area contributed by atoms with Gasteiger partial charge in [0.2, 0.25) is 0 Å². The van der Waals surface area contributed by atoms with Crippen molar-refractivity contribution in [2.75, 3.05) is 44.5 Å². The third-order valence-corrected chi connectivity index (χ3v) is 11.4. The Labute approximate surface area is 445 Å². The van der Waals surface area contributed by atoms with Crippen LogP contribution in [0.3, 0.4) is 0 Å². The van der Waals surface area contributed by atoms with Crippen LogP contribution in [0.4, 0.5) is 18.0 Å². The van der Waals surface area contributed by atoms with Crippen molar-refractivity contribution in [3.63, 3.8) is 0 Å². The van der Waals surface area contributed by atoms with Gasteiger partial charge in [-0.3, -0.25) is 19.5 Å². The minimum absolute atomic E-state index is 0.0779. The number of benzene rings is 3. The number of esters is 1. The van der Waals surface area contributed by atoms with Crippen LogP contribution in [0.1, 0.15) is 76.1 Å². The third-order valence-electron chi connectivity index (χ3n) is 9.75. The fourth-order valence-electron chi connectivity index (χ4n) is 6.13. The number of methoxy groups -OCH3 is 1. The predicted octanol–water partition coefficient (Wildman–Crippen LogP) is 8.68. The number of carbonyl (C=O) groups excluding carboxylic acids is 2. The Bertz CT molecular complexity index is 2750. The predicted molar refractivity (Wildman–Crippen MR) is 284 cm³/mol. The van der Waals surface area contributed by atoms with Crippen molar-refractivity contribution in [2.45, 2.75) is 84.6 Å². The molecule has 0 aliphatic carbocycles.